The van der Waals surface area contributed by atoms with Gasteiger partial charge < -0.3 is 15.4 Å². The van der Waals surface area contributed by atoms with Gasteiger partial charge in [0.05, 0.1) is 28.2 Å². The van der Waals surface area contributed by atoms with E-state index in [0.29, 0.717) is 39.9 Å². The number of aryl methyl sites for hydroxylation is 1. The minimum absolute atomic E-state index is 0.0730. The zero-order valence-corrected chi connectivity index (χ0v) is 20.7. The van der Waals surface area contributed by atoms with Crippen LogP contribution in [0.25, 0.3) is 33.1 Å². The fraction of sp³-hybridized carbons (Fsp3) is 0.423. The highest BCUT2D eigenvalue weighted by molar-refractivity contribution is 7.13. The number of hydrogen-bond donors (Lipinski definition) is 3. The van der Waals surface area contributed by atoms with Crippen LogP contribution in [0, 0.1) is 36.4 Å². The molecular formula is C26H27FN6O2S. The lowest BCUT2D eigenvalue weighted by molar-refractivity contribution is -0.149. The Morgan fingerprint density at radius 2 is 2.17 bits per heavy atom. The molecule has 0 spiro atoms. The molecule has 4 atom stereocenters. The lowest BCUT2D eigenvalue weighted by Gasteiger charge is -2.43. The molecule has 2 aliphatic carbocycles. The van der Waals surface area contributed by atoms with E-state index in [1.165, 1.54) is 11.3 Å². The van der Waals surface area contributed by atoms with Crippen LogP contribution in [-0.2, 0) is 4.79 Å². The predicted octanol–water partition coefficient (Wildman–Crippen LogP) is 5.53. The maximum atomic E-state index is 15.7. The number of rotatable bonds is 6. The van der Waals surface area contributed by atoms with E-state index in [0.717, 1.165) is 37.8 Å². The van der Waals surface area contributed by atoms with Crippen LogP contribution in [0.1, 0.15) is 37.8 Å². The molecule has 2 aliphatic rings. The van der Waals surface area contributed by atoms with Crippen molar-refractivity contribution >= 4 is 34.3 Å². The Bertz CT molecular complexity index is 1420. The van der Waals surface area contributed by atoms with Crippen LogP contribution in [0.3, 0.4) is 0 Å². The fourth-order valence-electron chi connectivity index (χ4n) is 6.09. The van der Waals surface area contributed by atoms with E-state index in [-0.39, 0.29) is 23.3 Å². The Morgan fingerprint density at radius 1 is 1.28 bits per heavy atom. The third kappa shape index (κ3) is 4.13. The second kappa shape index (κ2) is 9.24. The van der Waals surface area contributed by atoms with Gasteiger partial charge in [-0.3, -0.25) is 4.79 Å². The molecular weight excluding hydrogens is 479 g/mol. The summed E-state index contributed by atoms with van der Waals surface area (Å²) in [7, 11) is 0. The molecule has 36 heavy (non-hydrogen) atoms. The van der Waals surface area contributed by atoms with Crippen LogP contribution in [0.2, 0.25) is 0 Å². The van der Waals surface area contributed by atoms with Gasteiger partial charge in [0.25, 0.3) is 0 Å². The van der Waals surface area contributed by atoms with Crippen LogP contribution in [0.5, 0.6) is 0 Å². The van der Waals surface area contributed by atoms with Crippen molar-refractivity contribution in [2.24, 2.45) is 23.7 Å². The van der Waals surface area contributed by atoms with Gasteiger partial charge >= 0.3 is 5.97 Å². The number of aliphatic carboxylic acids is 1. The summed E-state index contributed by atoms with van der Waals surface area (Å²) in [6.45, 7) is 2.21. The lowest BCUT2D eigenvalue weighted by atomic mass is 9.62. The number of fused-ring (bicyclic) bond motifs is 3. The summed E-state index contributed by atoms with van der Waals surface area (Å²) in [5.74, 6) is -0.608. The van der Waals surface area contributed by atoms with Crippen LogP contribution in [0.4, 0.5) is 10.2 Å². The lowest BCUT2D eigenvalue weighted by Crippen LogP contribution is -2.42. The highest BCUT2D eigenvalue weighted by Crippen LogP contribution is 2.46. The predicted molar refractivity (Wildman–Crippen MR) is 136 cm³/mol. The van der Waals surface area contributed by atoms with E-state index in [2.05, 4.69) is 30.2 Å². The van der Waals surface area contributed by atoms with Crippen molar-refractivity contribution in [1.29, 1.82) is 0 Å². The molecule has 0 saturated heterocycles. The van der Waals surface area contributed by atoms with Crippen molar-refractivity contribution in [2.45, 2.75) is 39.0 Å². The number of carboxylic acids is 1. The van der Waals surface area contributed by atoms with Crippen LogP contribution in [-0.4, -0.2) is 42.5 Å². The van der Waals surface area contributed by atoms with Crippen molar-refractivity contribution in [2.75, 3.05) is 11.9 Å². The average molecular weight is 507 g/mol. The Kier molecular flexibility index (Phi) is 5.91. The van der Waals surface area contributed by atoms with Crippen molar-refractivity contribution in [3.63, 3.8) is 0 Å². The molecule has 4 heterocycles. The molecule has 4 aromatic rings. The number of thiophene rings is 1. The smallest absolute Gasteiger partial charge is 0.307 e. The van der Waals surface area contributed by atoms with E-state index < -0.39 is 17.7 Å². The summed E-state index contributed by atoms with van der Waals surface area (Å²) in [6.07, 6.45) is 8.45. The molecule has 2 fully saturated rings. The Morgan fingerprint density at radius 3 is 2.97 bits per heavy atom. The number of halogens is 1. The standard InChI is InChI=1S/C26H27FN6O2S/c1-13-10-28-25-21(31-13)17(12-30-25)23-32-22(18-6-3-7-36-18)20(27)24(33-23)29-11-16-9-14-4-2-5-15(8-14)19(16)26(34)35/h3,6-7,10,12,14-16,19H,2,4-5,8-9,11H2,1H3,(H,28,30)(H,34,35)(H,29,32,33)/t14?,15?,16?,19-/m0/s1. The summed E-state index contributed by atoms with van der Waals surface area (Å²) < 4.78 is 15.7. The van der Waals surface area contributed by atoms with Gasteiger partial charge in [-0.15, -0.1) is 11.3 Å². The largest absolute Gasteiger partial charge is 0.481 e. The van der Waals surface area contributed by atoms with Gasteiger partial charge in [-0.1, -0.05) is 18.9 Å². The maximum Gasteiger partial charge on any atom is 0.307 e. The minimum atomic E-state index is -0.747. The molecule has 0 amide bonds. The molecule has 0 aromatic carbocycles. The van der Waals surface area contributed by atoms with Gasteiger partial charge in [-0.25, -0.2) is 24.3 Å². The molecule has 2 saturated carbocycles. The van der Waals surface area contributed by atoms with Crippen molar-refractivity contribution < 1.29 is 14.3 Å². The minimum Gasteiger partial charge on any atom is -0.481 e. The molecule has 186 valence electrons. The second-order valence-corrected chi connectivity index (χ2v) is 10.9. The van der Waals surface area contributed by atoms with Crippen LogP contribution in [0.15, 0.2) is 29.9 Å². The molecule has 8 nitrogen and oxygen atoms in total. The molecule has 3 unspecified atom stereocenters. The quantitative estimate of drug-likeness (QED) is 0.315. The number of hydrogen-bond acceptors (Lipinski definition) is 7. The SMILES string of the molecule is Cc1cnc2[nH]cc(-c3nc(NCC4CC5CCCC(C5)[C@@H]4C(=O)O)c(F)c(-c4cccs4)n3)c2n1. The number of aromatic nitrogens is 5. The van der Waals surface area contributed by atoms with E-state index >= 15 is 4.39 Å². The summed E-state index contributed by atoms with van der Waals surface area (Å²) in [5, 5.41) is 15.1. The third-order valence-electron chi connectivity index (χ3n) is 7.64. The molecule has 0 aliphatic heterocycles. The molecule has 10 heteroatoms. The number of H-pyrrole nitrogens is 1. The summed E-state index contributed by atoms with van der Waals surface area (Å²) in [6, 6.07) is 3.68. The van der Waals surface area contributed by atoms with Crippen molar-refractivity contribution in [1.82, 2.24) is 24.9 Å². The molecule has 3 N–H and O–H groups in total. The third-order valence-corrected chi connectivity index (χ3v) is 8.52. The monoisotopic (exact) mass is 506 g/mol. The van der Waals surface area contributed by atoms with Crippen LogP contribution < -0.4 is 5.32 Å². The number of nitrogens with zero attached hydrogens (tertiary/aromatic N) is 4. The van der Waals surface area contributed by atoms with Gasteiger partial charge in [-0.2, -0.15) is 0 Å². The van der Waals surface area contributed by atoms with E-state index in [9.17, 15) is 9.90 Å². The highest BCUT2D eigenvalue weighted by Gasteiger charge is 2.43. The summed E-state index contributed by atoms with van der Waals surface area (Å²) in [5.41, 5.74) is 2.83. The number of carbonyl (C=O) groups is 1. The van der Waals surface area contributed by atoms with Gasteiger partial charge in [0.15, 0.2) is 23.1 Å². The fourth-order valence-corrected chi connectivity index (χ4v) is 6.79. The summed E-state index contributed by atoms with van der Waals surface area (Å²) in [4.78, 5) is 34.1. The van der Waals surface area contributed by atoms with Gasteiger partial charge in [0, 0.05) is 12.7 Å². The number of aromatic amines is 1. The normalized spacial score (nSPS) is 23.6. The van der Waals surface area contributed by atoms with Crippen molar-refractivity contribution in [3.05, 3.63) is 41.4 Å². The summed E-state index contributed by atoms with van der Waals surface area (Å²) >= 11 is 1.40. The zero-order chi connectivity index (χ0) is 24.8. The van der Waals surface area contributed by atoms with Gasteiger partial charge in [0.2, 0.25) is 0 Å². The maximum absolute atomic E-state index is 15.7. The van der Waals surface area contributed by atoms with E-state index in [1.807, 2.05) is 24.4 Å². The van der Waals surface area contributed by atoms with Crippen LogP contribution >= 0.6 is 11.3 Å². The van der Waals surface area contributed by atoms with Gasteiger partial charge in [-0.05, 0) is 55.4 Å². The van der Waals surface area contributed by atoms with E-state index in [1.54, 1.807) is 12.4 Å². The molecule has 6 rings (SSSR count). The molecule has 4 aromatic heterocycles. The Labute approximate surface area is 211 Å². The van der Waals surface area contributed by atoms with Gasteiger partial charge in [0.1, 0.15) is 11.2 Å². The molecule has 0 radical (unpaired) electrons. The highest BCUT2D eigenvalue weighted by atomic mass is 32.1. The Hall–Kier alpha value is -3.40. The van der Waals surface area contributed by atoms with Crippen molar-refractivity contribution in [3.8, 4) is 22.0 Å². The van der Waals surface area contributed by atoms with E-state index in [4.69, 9.17) is 0 Å². The Balaban J connectivity index is 1.38. The number of carboxylic acid groups (broad SMARTS) is 1. The first-order chi connectivity index (χ1) is 17.5. The average Bonchev–Trinajstić information content (AvgIpc) is 3.53. The molecule has 2 bridgehead atoms. The zero-order valence-electron chi connectivity index (χ0n) is 19.9. The number of anilines is 1. The first kappa shape index (κ1) is 23.0. The topological polar surface area (TPSA) is 117 Å². The first-order valence-corrected chi connectivity index (χ1v) is 13.2. The first-order valence-electron chi connectivity index (χ1n) is 12.4. The second-order valence-electron chi connectivity index (χ2n) is 9.98. The number of nitrogens with one attached hydrogen (secondary N) is 2.